The van der Waals surface area contributed by atoms with Gasteiger partial charge in [-0.3, -0.25) is 0 Å². The molecule has 26 heavy (non-hydrogen) atoms. The Hall–Kier alpha value is -1.79. The van der Waals surface area contributed by atoms with Crippen LogP contribution in [0.1, 0.15) is 37.2 Å². The normalized spacial score (nSPS) is 22.3. The Morgan fingerprint density at radius 1 is 1.19 bits per heavy atom. The van der Waals surface area contributed by atoms with Crippen LogP contribution in [0, 0.1) is 5.92 Å². The zero-order valence-corrected chi connectivity index (χ0v) is 15.4. The first-order valence-corrected chi connectivity index (χ1v) is 9.80. The number of benzene rings is 1. The topological polar surface area (TPSA) is 76.0 Å². The molecule has 2 saturated heterocycles. The molecule has 2 fully saturated rings. The second kappa shape index (κ2) is 9.24. The number of hydrogen-bond acceptors (Lipinski definition) is 4. The van der Waals surface area contributed by atoms with E-state index < -0.39 is 0 Å². The van der Waals surface area contributed by atoms with Crippen LogP contribution in [0.25, 0.3) is 0 Å². The van der Waals surface area contributed by atoms with Crippen LogP contribution in [0.2, 0.25) is 0 Å². The number of hydrogen-bond donors (Lipinski definition) is 3. The summed E-state index contributed by atoms with van der Waals surface area (Å²) in [5, 5.41) is 21.8. The minimum atomic E-state index is 0.0404. The maximum absolute atomic E-state index is 12.5. The van der Waals surface area contributed by atoms with Gasteiger partial charge in [-0.05, 0) is 61.8 Å². The third-order valence-corrected chi connectivity index (χ3v) is 5.69. The number of aromatic hydroxyl groups is 1. The molecule has 0 unspecified atom stereocenters. The van der Waals surface area contributed by atoms with Crippen molar-refractivity contribution in [3.05, 3.63) is 29.8 Å². The summed E-state index contributed by atoms with van der Waals surface area (Å²) in [6, 6.07) is 7.51. The summed E-state index contributed by atoms with van der Waals surface area (Å²) in [6.45, 7) is 5.17. The van der Waals surface area contributed by atoms with Gasteiger partial charge in [-0.15, -0.1) is 0 Å². The summed E-state index contributed by atoms with van der Waals surface area (Å²) in [5.41, 5.74) is 1.16. The van der Waals surface area contributed by atoms with Gasteiger partial charge in [-0.2, -0.15) is 0 Å². The van der Waals surface area contributed by atoms with Crippen LogP contribution < -0.4 is 5.32 Å². The van der Waals surface area contributed by atoms with Crippen LogP contribution in [0.15, 0.2) is 24.3 Å². The first-order chi connectivity index (χ1) is 12.7. The number of nitrogens with zero attached hydrogens (tertiary/aromatic N) is 2. The van der Waals surface area contributed by atoms with E-state index in [4.69, 9.17) is 5.11 Å². The Bertz CT molecular complexity index is 585. The fourth-order valence-electron chi connectivity index (χ4n) is 4.20. The van der Waals surface area contributed by atoms with Crippen LogP contribution in [-0.2, 0) is 0 Å². The van der Waals surface area contributed by atoms with Gasteiger partial charge in [0.2, 0.25) is 0 Å². The van der Waals surface area contributed by atoms with Crippen molar-refractivity contribution in [3.8, 4) is 5.75 Å². The molecule has 0 aliphatic carbocycles. The van der Waals surface area contributed by atoms with Gasteiger partial charge in [0.05, 0.1) is 6.61 Å². The first-order valence-electron chi connectivity index (χ1n) is 9.80. The van der Waals surface area contributed by atoms with E-state index >= 15 is 0 Å². The van der Waals surface area contributed by atoms with E-state index in [2.05, 4.69) is 16.3 Å². The molecule has 0 bridgehead atoms. The van der Waals surface area contributed by atoms with E-state index in [1.54, 1.807) is 6.07 Å². The van der Waals surface area contributed by atoms with Crippen molar-refractivity contribution in [3.63, 3.8) is 0 Å². The molecule has 2 heterocycles. The number of likely N-dealkylation sites (tertiary alicyclic amines) is 2. The molecule has 6 nitrogen and oxygen atoms in total. The average Bonchev–Trinajstić information content (AvgIpc) is 2.67. The Kier molecular flexibility index (Phi) is 6.74. The molecular weight excluding hydrogens is 330 g/mol. The van der Waals surface area contributed by atoms with E-state index in [0.717, 1.165) is 64.0 Å². The number of phenols is 1. The van der Waals surface area contributed by atoms with Crippen molar-refractivity contribution in [2.45, 2.75) is 31.6 Å². The fraction of sp³-hybridized carbons (Fsp3) is 0.650. The summed E-state index contributed by atoms with van der Waals surface area (Å²) in [4.78, 5) is 16.7. The lowest BCUT2D eigenvalue weighted by atomic mass is 9.89. The van der Waals surface area contributed by atoms with Crippen LogP contribution in [0.4, 0.5) is 4.79 Å². The highest BCUT2D eigenvalue weighted by Gasteiger charge is 2.25. The molecule has 2 aliphatic heterocycles. The number of carbonyl (C=O) groups is 1. The number of aliphatic hydroxyl groups excluding tert-OH is 1. The zero-order valence-electron chi connectivity index (χ0n) is 15.4. The van der Waals surface area contributed by atoms with Gasteiger partial charge in [-0.25, -0.2) is 4.79 Å². The molecule has 3 N–H and O–H groups in total. The van der Waals surface area contributed by atoms with E-state index in [-0.39, 0.29) is 12.6 Å². The molecular formula is C20H31N3O3. The summed E-state index contributed by atoms with van der Waals surface area (Å²) < 4.78 is 0. The van der Waals surface area contributed by atoms with E-state index in [9.17, 15) is 9.90 Å². The van der Waals surface area contributed by atoms with Crippen molar-refractivity contribution >= 4 is 6.03 Å². The van der Waals surface area contributed by atoms with Gasteiger partial charge in [0.1, 0.15) is 5.75 Å². The van der Waals surface area contributed by atoms with Gasteiger partial charge >= 0.3 is 6.03 Å². The monoisotopic (exact) mass is 361 g/mol. The minimum absolute atomic E-state index is 0.0404. The number of rotatable bonds is 5. The largest absolute Gasteiger partial charge is 0.508 e. The molecule has 144 valence electrons. The predicted octanol–water partition coefficient (Wildman–Crippen LogP) is 1.99. The molecule has 3 rings (SSSR count). The molecule has 6 heteroatoms. The van der Waals surface area contributed by atoms with E-state index in [1.165, 1.54) is 0 Å². The van der Waals surface area contributed by atoms with Gasteiger partial charge in [0, 0.05) is 32.7 Å². The molecule has 0 saturated carbocycles. The fourth-order valence-corrected chi connectivity index (χ4v) is 4.20. The number of β-amino-alcohol motifs (C(OH)–C–C–N with tert-alkyl or cyclic N) is 1. The highest BCUT2D eigenvalue weighted by atomic mass is 16.3. The molecule has 2 amide bonds. The number of urea groups is 1. The lowest BCUT2D eigenvalue weighted by Crippen LogP contribution is -2.47. The van der Waals surface area contributed by atoms with Gasteiger partial charge in [0.25, 0.3) is 0 Å². The number of phenolic OH excluding ortho intramolecular Hbond substituents is 1. The maximum atomic E-state index is 12.5. The lowest BCUT2D eigenvalue weighted by Gasteiger charge is -2.34. The molecule has 1 aromatic carbocycles. The number of carbonyl (C=O) groups excluding carboxylic acids is 1. The predicted molar refractivity (Wildman–Crippen MR) is 101 cm³/mol. The maximum Gasteiger partial charge on any atom is 0.317 e. The van der Waals surface area contributed by atoms with E-state index in [1.807, 2.05) is 17.0 Å². The van der Waals surface area contributed by atoms with E-state index in [0.29, 0.717) is 24.1 Å². The van der Waals surface area contributed by atoms with Crippen LogP contribution in [0.5, 0.6) is 5.75 Å². The third kappa shape index (κ3) is 5.11. The SMILES string of the molecule is O=C(NC[C@@H]1CCCN(CCO)C1)N1CCC(c2cccc(O)c2)CC1. The molecule has 1 atom stereocenters. The van der Waals surface area contributed by atoms with Gasteiger partial charge in [0.15, 0.2) is 0 Å². The highest BCUT2D eigenvalue weighted by molar-refractivity contribution is 5.74. The molecule has 2 aliphatic rings. The Balaban J connectivity index is 1.41. The lowest BCUT2D eigenvalue weighted by molar-refractivity contribution is 0.136. The smallest absolute Gasteiger partial charge is 0.317 e. The highest BCUT2D eigenvalue weighted by Crippen LogP contribution is 2.29. The van der Waals surface area contributed by atoms with Crippen molar-refractivity contribution in [2.24, 2.45) is 5.92 Å². The molecule has 0 spiro atoms. The van der Waals surface area contributed by atoms with Crippen molar-refractivity contribution in [1.82, 2.24) is 15.1 Å². The second-order valence-electron chi connectivity index (χ2n) is 7.57. The van der Waals surface area contributed by atoms with Gasteiger partial charge in [-0.1, -0.05) is 12.1 Å². The van der Waals surface area contributed by atoms with Crippen LogP contribution in [-0.4, -0.2) is 71.9 Å². The van der Waals surface area contributed by atoms with Crippen molar-refractivity contribution < 1.29 is 15.0 Å². The average molecular weight is 361 g/mol. The van der Waals surface area contributed by atoms with Crippen LogP contribution >= 0.6 is 0 Å². The molecule has 0 radical (unpaired) electrons. The Labute approximate surface area is 155 Å². The minimum Gasteiger partial charge on any atom is -0.508 e. The molecule has 0 aromatic heterocycles. The first kappa shape index (κ1) is 19.0. The number of piperidine rings is 2. The van der Waals surface area contributed by atoms with Crippen LogP contribution in [0.3, 0.4) is 0 Å². The summed E-state index contributed by atoms with van der Waals surface area (Å²) >= 11 is 0. The zero-order chi connectivity index (χ0) is 18.4. The second-order valence-corrected chi connectivity index (χ2v) is 7.57. The third-order valence-electron chi connectivity index (χ3n) is 5.69. The summed E-state index contributed by atoms with van der Waals surface area (Å²) in [5.74, 6) is 1.20. The number of amides is 2. The molecule has 1 aromatic rings. The quantitative estimate of drug-likeness (QED) is 0.750. The summed E-state index contributed by atoms with van der Waals surface area (Å²) in [6.07, 6.45) is 4.15. The number of nitrogens with one attached hydrogen (secondary N) is 1. The van der Waals surface area contributed by atoms with Gasteiger partial charge < -0.3 is 25.3 Å². The summed E-state index contributed by atoms with van der Waals surface area (Å²) in [7, 11) is 0. The Morgan fingerprint density at radius 3 is 2.73 bits per heavy atom. The number of aliphatic hydroxyl groups is 1. The van der Waals surface area contributed by atoms with Crippen molar-refractivity contribution in [1.29, 1.82) is 0 Å². The Morgan fingerprint density at radius 2 is 2.00 bits per heavy atom. The van der Waals surface area contributed by atoms with Crippen molar-refractivity contribution in [2.75, 3.05) is 45.9 Å². The standard InChI is InChI=1S/C20H31N3O3/c24-12-11-22-8-2-3-16(15-22)14-21-20(26)23-9-6-17(7-10-23)18-4-1-5-19(25)13-18/h1,4-5,13,16-17,24-25H,2-3,6-12,14-15H2,(H,21,26)/t16-/m0/s1.